The van der Waals surface area contributed by atoms with Crippen molar-refractivity contribution < 1.29 is 14.3 Å². The van der Waals surface area contributed by atoms with Crippen molar-refractivity contribution in [2.75, 3.05) is 20.3 Å². The Hall–Kier alpha value is -2.75. The Bertz CT molecular complexity index is 787. The zero-order valence-corrected chi connectivity index (χ0v) is 15.5. The molecule has 4 heteroatoms. The van der Waals surface area contributed by atoms with Crippen molar-refractivity contribution in [1.29, 1.82) is 0 Å². The van der Waals surface area contributed by atoms with Crippen molar-refractivity contribution >= 4 is 11.4 Å². The molecule has 4 nitrogen and oxygen atoms in total. The number of nitrogens with one attached hydrogen (secondary N) is 1. The maximum atomic E-state index is 13.2. The molecule has 1 atom stereocenters. The van der Waals surface area contributed by atoms with Gasteiger partial charge in [0.2, 0.25) is 0 Å². The van der Waals surface area contributed by atoms with Crippen LogP contribution in [-0.4, -0.2) is 26.0 Å². The summed E-state index contributed by atoms with van der Waals surface area (Å²) in [5, 5.41) is 3.22. The number of ether oxygens (including phenoxy) is 2. The third-order valence-corrected chi connectivity index (χ3v) is 4.57. The molecule has 1 N–H and O–H groups in total. The maximum Gasteiger partial charge on any atom is 0.173 e. The van der Waals surface area contributed by atoms with Crippen LogP contribution in [0, 0.1) is 0 Å². The fraction of sp³-hybridized carbons (Fsp3) is 0.318. The Morgan fingerprint density at radius 2 is 1.62 bits per heavy atom. The first-order chi connectivity index (χ1) is 12.7. The quantitative estimate of drug-likeness (QED) is 0.813. The van der Waals surface area contributed by atoms with Crippen molar-refractivity contribution in [3.05, 3.63) is 65.4 Å². The highest BCUT2D eigenvalue weighted by Crippen LogP contribution is 2.41. The summed E-state index contributed by atoms with van der Waals surface area (Å²) in [5.41, 5.74) is 3.57. The van der Waals surface area contributed by atoms with Gasteiger partial charge in [-0.15, -0.1) is 0 Å². The summed E-state index contributed by atoms with van der Waals surface area (Å²) in [6.07, 6.45) is 0.678. The number of Topliss-reactive ketones (excluding diaryl/α,β-unsaturated/α-hetero) is 1. The average Bonchev–Trinajstić information content (AvgIpc) is 2.99. The second-order valence-corrected chi connectivity index (χ2v) is 6.19. The van der Waals surface area contributed by atoms with E-state index >= 15 is 0 Å². The number of benzene rings is 2. The van der Waals surface area contributed by atoms with Crippen LogP contribution < -0.4 is 14.8 Å². The molecule has 1 aliphatic rings. The van der Waals surface area contributed by atoms with Crippen molar-refractivity contribution in [3.8, 4) is 11.5 Å². The molecular weight excluding hydrogens is 326 g/mol. The smallest absolute Gasteiger partial charge is 0.173 e. The maximum absolute atomic E-state index is 13.2. The van der Waals surface area contributed by atoms with Gasteiger partial charge in [0.05, 0.1) is 19.1 Å². The van der Waals surface area contributed by atoms with Crippen molar-refractivity contribution in [1.82, 2.24) is 5.32 Å². The molecule has 1 unspecified atom stereocenters. The first-order valence-corrected chi connectivity index (χ1v) is 9.09. The molecule has 0 fully saturated rings. The van der Waals surface area contributed by atoms with Gasteiger partial charge in [0.1, 0.15) is 11.5 Å². The molecule has 0 heterocycles. The van der Waals surface area contributed by atoms with E-state index in [-0.39, 0.29) is 11.7 Å². The highest BCUT2D eigenvalue weighted by Gasteiger charge is 2.34. The fourth-order valence-electron chi connectivity index (χ4n) is 3.44. The van der Waals surface area contributed by atoms with Gasteiger partial charge in [0.15, 0.2) is 5.78 Å². The molecule has 0 saturated carbocycles. The lowest BCUT2D eigenvalue weighted by molar-refractivity contribution is -0.114. The lowest BCUT2D eigenvalue weighted by Gasteiger charge is -2.13. The van der Waals surface area contributed by atoms with Crippen molar-refractivity contribution in [3.63, 3.8) is 0 Å². The van der Waals surface area contributed by atoms with Gasteiger partial charge in [-0.1, -0.05) is 30.3 Å². The van der Waals surface area contributed by atoms with Gasteiger partial charge in [0, 0.05) is 30.8 Å². The monoisotopic (exact) mass is 351 g/mol. The molecule has 0 saturated heterocycles. The zero-order chi connectivity index (χ0) is 18.5. The van der Waals surface area contributed by atoms with Crippen molar-refractivity contribution in [2.45, 2.75) is 26.2 Å². The summed E-state index contributed by atoms with van der Waals surface area (Å²) < 4.78 is 11.3. The van der Waals surface area contributed by atoms with E-state index in [9.17, 15) is 4.79 Å². The summed E-state index contributed by atoms with van der Waals surface area (Å²) in [4.78, 5) is 13.2. The van der Waals surface area contributed by atoms with E-state index in [0.717, 1.165) is 22.4 Å². The van der Waals surface area contributed by atoms with Gasteiger partial charge < -0.3 is 14.8 Å². The standard InChI is InChI=1S/C22H25NO3/c1-4-25-17-11-16(12-18(13-17)26-5-2)21-20(23-3)14-19(22(21)24)15-9-7-6-8-10-15/h6-13,19,23H,4-5,14H2,1-3H3. The number of hydrogen-bond acceptors (Lipinski definition) is 4. The van der Waals surface area contributed by atoms with Crippen LogP contribution >= 0.6 is 0 Å². The fourth-order valence-corrected chi connectivity index (χ4v) is 3.44. The summed E-state index contributed by atoms with van der Waals surface area (Å²) in [5.74, 6) is 1.41. The van der Waals surface area contributed by atoms with Crippen LogP contribution in [0.2, 0.25) is 0 Å². The number of allylic oxidation sites excluding steroid dienone is 2. The summed E-state index contributed by atoms with van der Waals surface area (Å²) in [6, 6.07) is 15.7. The van der Waals surface area contributed by atoms with Crippen LogP contribution in [0.3, 0.4) is 0 Å². The Labute approximate surface area is 154 Å². The first kappa shape index (κ1) is 18.1. The van der Waals surface area contributed by atoms with Gasteiger partial charge in [0.25, 0.3) is 0 Å². The molecule has 3 rings (SSSR count). The Kier molecular flexibility index (Phi) is 5.61. The SMILES string of the molecule is CCOc1cc(OCC)cc(C2=C(NC)CC(c3ccccc3)C2=O)c1. The predicted octanol–water partition coefficient (Wildman–Crippen LogP) is 4.17. The van der Waals surface area contributed by atoms with Gasteiger partial charge in [-0.05, 0) is 37.1 Å². The highest BCUT2D eigenvalue weighted by molar-refractivity contribution is 6.26. The molecule has 0 aliphatic heterocycles. The Balaban J connectivity index is 2.02. The molecule has 0 bridgehead atoms. The molecule has 0 amide bonds. The Morgan fingerprint density at radius 1 is 1.00 bits per heavy atom. The lowest BCUT2D eigenvalue weighted by atomic mass is 9.92. The molecule has 0 radical (unpaired) electrons. The van der Waals surface area contributed by atoms with Gasteiger partial charge in [-0.25, -0.2) is 0 Å². The normalized spacial score (nSPS) is 16.7. The predicted molar refractivity (Wildman–Crippen MR) is 104 cm³/mol. The van der Waals surface area contributed by atoms with E-state index in [1.807, 2.05) is 69.4 Å². The van der Waals surface area contributed by atoms with E-state index in [1.165, 1.54) is 0 Å². The molecular formula is C22H25NO3. The first-order valence-electron chi connectivity index (χ1n) is 9.09. The van der Waals surface area contributed by atoms with Crippen LogP contribution in [0.1, 0.15) is 37.3 Å². The number of rotatable bonds is 7. The largest absolute Gasteiger partial charge is 0.494 e. The van der Waals surface area contributed by atoms with Crippen molar-refractivity contribution in [2.24, 2.45) is 0 Å². The number of carbonyl (C=O) groups is 1. The van der Waals surface area contributed by atoms with Crippen LogP contribution in [0.4, 0.5) is 0 Å². The van der Waals surface area contributed by atoms with Crippen LogP contribution in [0.5, 0.6) is 11.5 Å². The zero-order valence-electron chi connectivity index (χ0n) is 15.5. The van der Waals surface area contributed by atoms with E-state index < -0.39 is 0 Å². The second kappa shape index (κ2) is 8.09. The van der Waals surface area contributed by atoms with Gasteiger partial charge >= 0.3 is 0 Å². The van der Waals surface area contributed by atoms with Gasteiger partial charge in [-0.3, -0.25) is 4.79 Å². The second-order valence-electron chi connectivity index (χ2n) is 6.19. The average molecular weight is 351 g/mol. The number of ketones is 1. The van der Waals surface area contributed by atoms with Crippen LogP contribution in [-0.2, 0) is 4.79 Å². The van der Waals surface area contributed by atoms with Crippen LogP contribution in [0.15, 0.2) is 54.2 Å². The summed E-state index contributed by atoms with van der Waals surface area (Å²) in [6.45, 7) is 5.01. The minimum atomic E-state index is -0.153. The molecule has 0 aromatic heterocycles. The third kappa shape index (κ3) is 3.59. The van der Waals surface area contributed by atoms with Crippen LogP contribution in [0.25, 0.3) is 5.57 Å². The van der Waals surface area contributed by atoms with Gasteiger partial charge in [-0.2, -0.15) is 0 Å². The highest BCUT2D eigenvalue weighted by atomic mass is 16.5. The van der Waals surface area contributed by atoms with E-state index in [2.05, 4.69) is 5.32 Å². The molecule has 0 spiro atoms. The molecule has 2 aromatic rings. The minimum absolute atomic E-state index is 0.136. The lowest BCUT2D eigenvalue weighted by Crippen LogP contribution is -2.08. The topological polar surface area (TPSA) is 47.6 Å². The number of hydrogen-bond donors (Lipinski definition) is 1. The molecule has 1 aliphatic carbocycles. The Morgan fingerprint density at radius 3 is 2.15 bits per heavy atom. The van der Waals surface area contributed by atoms with E-state index in [4.69, 9.17) is 9.47 Å². The third-order valence-electron chi connectivity index (χ3n) is 4.57. The van der Waals surface area contributed by atoms with E-state index in [0.29, 0.717) is 31.1 Å². The molecule has 26 heavy (non-hydrogen) atoms. The summed E-state index contributed by atoms with van der Waals surface area (Å²) >= 11 is 0. The number of carbonyl (C=O) groups excluding carboxylic acids is 1. The van der Waals surface area contributed by atoms with E-state index in [1.54, 1.807) is 0 Å². The molecule has 2 aromatic carbocycles. The molecule has 136 valence electrons. The summed E-state index contributed by atoms with van der Waals surface area (Å²) in [7, 11) is 1.87. The minimum Gasteiger partial charge on any atom is -0.494 e.